The summed E-state index contributed by atoms with van der Waals surface area (Å²) >= 11 is 0. The highest BCUT2D eigenvalue weighted by molar-refractivity contribution is 5.31. The van der Waals surface area contributed by atoms with Crippen molar-refractivity contribution >= 4 is 0 Å². The van der Waals surface area contributed by atoms with Crippen molar-refractivity contribution in [2.75, 3.05) is 6.61 Å². The van der Waals surface area contributed by atoms with E-state index in [1.807, 2.05) is 6.08 Å². The van der Waals surface area contributed by atoms with Crippen LogP contribution in [0.4, 0.5) is 0 Å². The molecule has 3 rings (SSSR count). The highest BCUT2D eigenvalue weighted by Gasteiger charge is 2.51. The van der Waals surface area contributed by atoms with Crippen LogP contribution in [0.25, 0.3) is 0 Å². The summed E-state index contributed by atoms with van der Waals surface area (Å²) in [5, 5.41) is 20.9. The number of ether oxygens (including phenoxy) is 2. The summed E-state index contributed by atoms with van der Waals surface area (Å²) in [6.45, 7) is 10.4. The van der Waals surface area contributed by atoms with E-state index < -0.39 is 11.7 Å². The summed E-state index contributed by atoms with van der Waals surface area (Å²) in [5.74, 6) is 0. The molecule has 2 aliphatic heterocycles. The maximum atomic E-state index is 10.6. The van der Waals surface area contributed by atoms with Crippen LogP contribution in [0.5, 0.6) is 0 Å². The third kappa shape index (κ3) is 3.67. The van der Waals surface area contributed by atoms with Crippen molar-refractivity contribution in [1.29, 1.82) is 0 Å². The number of rotatable bonds is 0. The fourth-order valence-corrected chi connectivity index (χ4v) is 3.79. The lowest BCUT2D eigenvalue weighted by Crippen LogP contribution is -2.27. The molecule has 5 atom stereocenters. The summed E-state index contributed by atoms with van der Waals surface area (Å²) in [6, 6.07) is 0. The van der Waals surface area contributed by atoms with Crippen LogP contribution in [0, 0.1) is 0 Å². The van der Waals surface area contributed by atoms with E-state index in [-0.39, 0.29) is 17.8 Å². The monoisotopic (exact) mass is 334 g/mol. The molecule has 2 heterocycles. The molecule has 0 unspecified atom stereocenters. The summed E-state index contributed by atoms with van der Waals surface area (Å²) in [5.41, 5.74) is 1.86. The summed E-state index contributed by atoms with van der Waals surface area (Å²) in [4.78, 5) is 0. The first kappa shape index (κ1) is 17.9. The molecule has 2 saturated heterocycles. The van der Waals surface area contributed by atoms with Gasteiger partial charge >= 0.3 is 0 Å². The summed E-state index contributed by atoms with van der Waals surface area (Å²) in [6.07, 6.45) is 7.65. The van der Waals surface area contributed by atoms with E-state index in [4.69, 9.17) is 9.47 Å². The molecule has 4 nitrogen and oxygen atoms in total. The van der Waals surface area contributed by atoms with Crippen molar-refractivity contribution in [3.8, 4) is 0 Å². The number of fused-ring (bicyclic) bond motifs is 2. The highest BCUT2D eigenvalue weighted by atomic mass is 16.6. The van der Waals surface area contributed by atoms with Gasteiger partial charge in [-0.3, -0.25) is 0 Å². The molecular weight excluding hydrogens is 304 g/mol. The lowest BCUT2D eigenvalue weighted by Gasteiger charge is -2.20. The Bertz CT molecular complexity index is 574. The third-order valence-electron chi connectivity index (χ3n) is 5.71. The molecule has 1 aliphatic carbocycles. The van der Waals surface area contributed by atoms with E-state index in [0.29, 0.717) is 19.4 Å². The molecule has 0 saturated carbocycles. The highest BCUT2D eigenvalue weighted by Crippen LogP contribution is 2.44. The SMILES string of the molecule is C=C1C/C=C2\[C@H](/C=C(/C)CC[C@@H]3O[C@@]3(C)CC[C@@H]1O)OC[C@]2(C)O. The van der Waals surface area contributed by atoms with Gasteiger partial charge in [-0.1, -0.05) is 24.3 Å². The second-order valence-electron chi connectivity index (χ2n) is 8.05. The van der Waals surface area contributed by atoms with Gasteiger partial charge in [0, 0.05) is 0 Å². The number of aliphatic hydroxyl groups is 2. The molecule has 3 aliphatic rings. The maximum absolute atomic E-state index is 10.6. The van der Waals surface area contributed by atoms with Gasteiger partial charge in [0.15, 0.2) is 0 Å². The molecule has 2 fully saturated rings. The van der Waals surface area contributed by atoms with E-state index in [1.54, 1.807) is 6.92 Å². The molecule has 0 aromatic heterocycles. The molecular formula is C20H30O4. The first-order valence-electron chi connectivity index (χ1n) is 8.97. The van der Waals surface area contributed by atoms with Gasteiger partial charge in [-0.2, -0.15) is 0 Å². The van der Waals surface area contributed by atoms with Crippen LogP contribution in [0.3, 0.4) is 0 Å². The molecule has 134 valence electrons. The minimum Gasteiger partial charge on any atom is -0.389 e. The van der Waals surface area contributed by atoms with Crippen molar-refractivity contribution in [2.24, 2.45) is 0 Å². The van der Waals surface area contributed by atoms with Gasteiger partial charge in [-0.25, -0.2) is 0 Å². The van der Waals surface area contributed by atoms with Crippen LogP contribution >= 0.6 is 0 Å². The first-order valence-corrected chi connectivity index (χ1v) is 8.97. The van der Waals surface area contributed by atoms with Crippen molar-refractivity contribution in [3.05, 3.63) is 35.5 Å². The zero-order valence-corrected chi connectivity index (χ0v) is 15.0. The van der Waals surface area contributed by atoms with Crippen molar-refractivity contribution in [1.82, 2.24) is 0 Å². The van der Waals surface area contributed by atoms with Gasteiger partial charge in [0.25, 0.3) is 0 Å². The summed E-state index contributed by atoms with van der Waals surface area (Å²) in [7, 11) is 0. The zero-order valence-electron chi connectivity index (χ0n) is 15.0. The van der Waals surface area contributed by atoms with E-state index in [9.17, 15) is 10.2 Å². The Morgan fingerprint density at radius 3 is 2.79 bits per heavy atom. The number of hydrogen-bond acceptors (Lipinski definition) is 4. The molecule has 4 heteroatoms. The normalized spacial score (nSPS) is 48.4. The van der Waals surface area contributed by atoms with Gasteiger partial charge in [0.2, 0.25) is 0 Å². The average molecular weight is 334 g/mol. The lowest BCUT2D eigenvalue weighted by atomic mass is 9.89. The van der Waals surface area contributed by atoms with Crippen molar-refractivity contribution in [3.63, 3.8) is 0 Å². The number of hydrogen-bond donors (Lipinski definition) is 2. The Labute approximate surface area is 144 Å². The molecule has 0 aromatic rings. The smallest absolute Gasteiger partial charge is 0.109 e. The summed E-state index contributed by atoms with van der Waals surface area (Å²) < 4.78 is 11.7. The van der Waals surface area contributed by atoms with E-state index in [0.717, 1.165) is 30.4 Å². The van der Waals surface area contributed by atoms with Crippen LogP contribution in [0.1, 0.15) is 52.9 Å². The molecule has 2 N–H and O–H groups in total. The standard InChI is InChI=1S/C20H30O4/c1-13-5-8-18-20(4,24-18)10-9-16(21)14(2)6-7-15-17(11-13)23-12-19(15,3)22/h7,11,16-18,21-22H,2,5-6,8-10,12H2,1,3-4H3/b13-11-,15-7+/t16-,17-,18-,19-,20-/m0/s1. The van der Waals surface area contributed by atoms with Crippen LogP contribution in [0.2, 0.25) is 0 Å². The average Bonchev–Trinajstić information content (AvgIpc) is 3.08. The molecule has 24 heavy (non-hydrogen) atoms. The van der Waals surface area contributed by atoms with Gasteiger partial charge in [-0.15, -0.1) is 0 Å². The second kappa shape index (κ2) is 6.41. The third-order valence-corrected chi connectivity index (χ3v) is 5.71. The van der Waals surface area contributed by atoms with Crippen LogP contribution in [-0.4, -0.2) is 46.3 Å². The predicted molar refractivity (Wildman–Crippen MR) is 93.7 cm³/mol. The quantitative estimate of drug-likeness (QED) is 0.528. The van der Waals surface area contributed by atoms with Gasteiger partial charge in [0.1, 0.15) is 5.60 Å². The van der Waals surface area contributed by atoms with Crippen LogP contribution < -0.4 is 0 Å². The van der Waals surface area contributed by atoms with Crippen molar-refractivity contribution < 1.29 is 19.7 Å². The van der Waals surface area contributed by atoms with Crippen LogP contribution in [0.15, 0.2) is 35.5 Å². The Morgan fingerprint density at radius 2 is 2.04 bits per heavy atom. The fourth-order valence-electron chi connectivity index (χ4n) is 3.79. The topological polar surface area (TPSA) is 62.2 Å². The maximum Gasteiger partial charge on any atom is 0.109 e. The van der Waals surface area contributed by atoms with Gasteiger partial charge < -0.3 is 19.7 Å². The fraction of sp³-hybridized carbons (Fsp3) is 0.700. The molecule has 0 spiro atoms. The zero-order chi connectivity index (χ0) is 17.5. The molecule has 0 bridgehead atoms. The minimum atomic E-state index is -0.956. The van der Waals surface area contributed by atoms with Gasteiger partial charge in [-0.05, 0) is 64.0 Å². The molecule has 0 aromatic carbocycles. The second-order valence-corrected chi connectivity index (χ2v) is 8.05. The predicted octanol–water partition coefficient (Wildman–Crippen LogP) is 3.05. The Balaban J connectivity index is 1.83. The van der Waals surface area contributed by atoms with E-state index >= 15 is 0 Å². The lowest BCUT2D eigenvalue weighted by molar-refractivity contribution is 0.0486. The van der Waals surface area contributed by atoms with E-state index in [2.05, 4.69) is 26.5 Å². The van der Waals surface area contributed by atoms with E-state index in [1.165, 1.54) is 5.57 Å². The number of epoxide rings is 1. The Hall–Kier alpha value is -0.940. The largest absolute Gasteiger partial charge is 0.389 e. The van der Waals surface area contributed by atoms with Gasteiger partial charge in [0.05, 0.1) is 30.5 Å². The first-order chi connectivity index (χ1) is 11.2. The Kier molecular flexibility index (Phi) is 4.77. The molecule has 0 radical (unpaired) electrons. The Morgan fingerprint density at radius 1 is 1.29 bits per heavy atom. The molecule has 0 amide bonds. The van der Waals surface area contributed by atoms with Crippen LogP contribution in [-0.2, 0) is 9.47 Å². The number of aliphatic hydroxyl groups excluding tert-OH is 1. The number of allylic oxidation sites excluding steroid dienone is 2. The van der Waals surface area contributed by atoms with Crippen molar-refractivity contribution in [2.45, 2.75) is 82.4 Å². The minimum absolute atomic E-state index is 0.0970.